The van der Waals surface area contributed by atoms with Gasteiger partial charge in [-0.1, -0.05) is 50.1 Å². The molecule has 5 nitrogen and oxygen atoms in total. The predicted octanol–water partition coefficient (Wildman–Crippen LogP) is 3.79. The van der Waals surface area contributed by atoms with Gasteiger partial charge >= 0.3 is 0 Å². The molecule has 1 aliphatic rings. The first-order valence-electron chi connectivity index (χ1n) is 9.37. The van der Waals surface area contributed by atoms with E-state index in [9.17, 15) is 4.79 Å². The van der Waals surface area contributed by atoms with Crippen molar-refractivity contribution in [2.75, 3.05) is 0 Å². The molecule has 2 unspecified atom stereocenters. The Balaban J connectivity index is 1.52. The largest absolute Gasteiger partial charge is 0.349 e. The Hall–Kier alpha value is -2.69. The molecule has 1 amide bonds. The van der Waals surface area contributed by atoms with Crippen molar-refractivity contribution in [2.24, 2.45) is 5.92 Å². The molecule has 1 saturated carbocycles. The molecule has 2 atom stereocenters. The lowest BCUT2D eigenvalue weighted by atomic mass is 9.86. The van der Waals surface area contributed by atoms with Crippen LogP contribution in [0.2, 0.25) is 0 Å². The Bertz CT molecular complexity index is 903. The molecule has 4 rings (SSSR count). The minimum absolute atomic E-state index is 0.0334. The number of benzene rings is 1. The van der Waals surface area contributed by atoms with Crippen LogP contribution in [-0.2, 0) is 6.54 Å². The second-order valence-corrected chi connectivity index (χ2v) is 7.27. The Morgan fingerprint density at radius 1 is 1.19 bits per heavy atom. The van der Waals surface area contributed by atoms with E-state index in [2.05, 4.69) is 34.5 Å². The summed E-state index contributed by atoms with van der Waals surface area (Å²) in [6.07, 6.45) is 8.16. The van der Waals surface area contributed by atoms with E-state index in [1.807, 2.05) is 28.9 Å². The summed E-state index contributed by atoms with van der Waals surface area (Å²) in [7, 11) is 0. The number of rotatable bonds is 4. The lowest BCUT2D eigenvalue weighted by molar-refractivity contribution is 0.0910. The number of fused-ring (bicyclic) bond motifs is 1. The number of amides is 1. The molecule has 0 spiro atoms. The van der Waals surface area contributed by atoms with Gasteiger partial charge in [-0.2, -0.15) is 5.10 Å². The van der Waals surface area contributed by atoms with E-state index in [0.717, 1.165) is 17.5 Å². The molecule has 0 bridgehead atoms. The quantitative estimate of drug-likeness (QED) is 0.780. The number of nitrogens with one attached hydrogen (secondary N) is 1. The van der Waals surface area contributed by atoms with E-state index in [1.54, 1.807) is 12.4 Å². The second kappa shape index (κ2) is 7.28. The van der Waals surface area contributed by atoms with Gasteiger partial charge in [-0.3, -0.25) is 4.79 Å². The van der Waals surface area contributed by atoms with Crippen molar-refractivity contribution >= 4 is 16.9 Å². The van der Waals surface area contributed by atoms with Crippen LogP contribution in [0.25, 0.3) is 11.0 Å². The van der Waals surface area contributed by atoms with E-state index in [4.69, 9.17) is 0 Å². The number of pyridine rings is 1. The highest BCUT2D eigenvalue weighted by molar-refractivity contribution is 5.97. The fourth-order valence-corrected chi connectivity index (χ4v) is 3.75. The third kappa shape index (κ3) is 3.47. The number of aromatic nitrogens is 3. The molecule has 0 aliphatic heterocycles. The van der Waals surface area contributed by atoms with Gasteiger partial charge in [0.2, 0.25) is 0 Å². The first-order chi connectivity index (χ1) is 12.7. The second-order valence-electron chi connectivity index (χ2n) is 7.27. The van der Waals surface area contributed by atoms with Crippen LogP contribution < -0.4 is 5.32 Å². The molecule has 1 aliphatic carbocycles. The minimum atomic E-state index is -0.0334. The maximum absolute atomic E-state index is 12.6. The van der Waals surface area contributed by atoms with Gasteiger partial charge in [0, 0.05) is 17.6 Å². The fourth-order valence-electron chi connectivity index (χ4n) is 3.75. The Morgan fingerprint density at radius 2 is 2.00 bits per heavy atom. The van der Waals surface area contributed by atoms with Crippen LogP contribution in [0.5, 0.6) is 0 Å². The third-order valence-corrected chi connectivity index (χ3v) is 5.34. The van der Waals surface area contributed by atoms with Crippen molar-refractivity contribution in [3.63, 3.8) is 0 Å². The molecule has 1 aromatic carbocycles. The minimum Gasteiger partial charge on any atom is -0.349 e. The van der Waals surface area contributed by atoms with Crippen LogP contribution in [0.1, 0.15) is 48.5 Å². The summed E-state index contributed by atoms with van der Waals surface area (Å²) in [6.45, 7) is 2.89. The molecule has 1 N–H and O–H groups in total. The van der Waals surface area contributed by atoms with Gasteiger partial charge < -0.3 is 5.32 Å². The van der Waals surface area contributed by atoms with Crippen molar-refractivity contribution in [3.8, 4) is 0 Å². The van der Waals surface area contributed by atoms with Gasteiger partial charge in [-0.25, -0.2) is 9.67 Å². The normalized spacial score (nSPS) is 20.2. The van der Waals surface area contributed by atoms with Crippen LogP contribution in [-0.4, -0.2) is 26.7 Å². The van der Waals surface area contributed by atoms with Crippen molar-refractivity contribution < 1.29 is 4.79 Å². The van der Waals surface area contributed by atoms with Crippen LogP contribution in [0, 0.1) is 5.92 Å². The zero-order chi connectivity index (χ0) is 17.9. The lowest BCUT2D eigenvalue weighted by Crippen LogP contribution is -2.41. The molecule has 0 saturated heterocycles. The van der Waals surface area contributed by atoms with Gasteiger partial charge in [0.15, 0.2) is 5.65 Å². The fraction of sp³-hybridized carbons (Fsp3) is 0.381. The topological polar surface area (TPSA) is 59.8 Å². The first kappa shape index (κ1) is 16.8. The summed E-state index contributed by atoms with van der Waals surface area (Å²) >= 11 is 0. The molecule has 3 aromatic rings. The molecule has 2 heterocycles. The SMILES string of the molecule is CC1CCCCC1NC(=O)c1cnc2c(cnn2Cc2ccccc2)c1. The van der Waals surface area contributed by atoms with Gasteiger partial charge in [0.1, 0.15) is 0 Å². The summed E-state index contributed by atoms with van der Waals surface area (Å²) in [5, 5.41) is 8.53. The maximum atomic E-state index is 12.6. The van der Waals surface area contributed by atoms with Crippen LogP contribution >= 0.6 is 0 Å². The highest BCUT2D eigenvalue weighted by Gasteiger charge is 2.23. The van der Waals surface area contributed by atoms with Crippen molar-refractivity contribution in [1.82, 2.24) is 20.1 Å². The van der Waals surface area contributed by atoms with E-state index in [0.29, 0.717) is 18.0 Å². The van der Waals surface area contributed by atoms with Crippen molar-refractivity contribution in [2.45, 2.75) is 45.2 Å². The molecule has 0 radical (unpaired) electrons. The lowest BCUT2D eigenvalue weighted by Gasteiger charge is -2.29. The average molecular weight is 348 g/mol. The molecular formula is C21H24N4O. The van der Waals surface area contributed by atoms with Crippen molar-refractivity contribution in [3.05, 3.63) is 59.9 Å². The van der Waals surface area contributed by atoms with Gasteiger partial charge in [-0.05, 0) is 30.4 Å². The van der Waals surface area contributed by atoms with E-state index in [-0.39, 0.29) is 11.9 Å². The molecule has 134 valence electrons. The van der Waals surface area contributed by atoms with E-state index in [1.165, 1.54) is 24.8 Å². The molecule has 2 aromatic heterocycles. The number of carbonyl (C=O) groups excluding carboxylic acids is 1. The van der Waals surface area contributed by atoms with Crippen LogP contribution in [0.15, 0.2) is 48.8 Å². The molecule has 1 fully saturated rings. The average Bonchev–Trinajstić information content (AvgIpc) is 3.06. The molecular weight excluding hydrogens is 324 g/mol. The Labute approximate surface area is 153 Å². The van der Waals surface area contributed by atoms with Gasteiger partial charge in [0.25, 0.3) is 5.91 Å². The Kier molecular flexibility index (Phi) is 4.69. The maximum Gasteiger partial charge on any atom is 0.253 e. The third-order valence-electron chi connectivity index (χ3n) is 5.34. The zero-order valence-electron chi connectivity index (χ0n) is 15.1. The Morgan fingerprint density at radius 3 is 2.81 bits per heavy atom. The van der Waals surface area contributed by atoms with Crippen LogP contribution in [0.4, 0.5) is 0 Å². The number of hydrogen-bond donors (Lipinski definition) is 1. The summed E-state index contributed by atoms with van der Waals surface area (Å²) in [5.74, 6) is 0.506. The number of nitrogens with zero attached hydrogens (tertiary/aromatic N) is 3. The highest BCUT2D eigenvalue weighted by atomic mass is 16.1. The van der Waals surface area contributed by atoms with E-state index < -0.39 is 0 Å². The standard InChI is InChI=1S/C21H24N4O/c1-15-7-5-6-10-19(15)24-21(26)18-11-17-13-23-25(20(17)22-12-18)14-16-8-3-2-4-9-16/h2-4,8-9,11-13,15,19H,5-7,10,14H2,1H3,(H,24,26). The molecule has 5 heteroatoms. The summed E-state index contributed by atoms with van der Waals surface area (Å²) in [4.78, 5) is 17.1. The predicted molar refractivity (Wildman–Crippen MR) is 102 cm³/mol. The summed E-state index contributed by atoms with van der Waals surface area (Å²) < 4.78 is 1.87. The van der Waals surface area contributed by atoms with Crippen LogP contribution in [0.3, 0.4) is 0 Å². The van der Waals surface area contributed by atoms with Crippen molar-refractivity contribution in [1.29, 1.82) is 0 Å². The molecule has 26 heavy (non-hydrogen) atoms. The highest BCUT2D eigenvalue weighted by Crippen LogP contribution is 2.24. The number of hydrogen-bond acceptors (Lipinski definition) is 3. The van der Waals surface area contributed by atoms with Gasteiger partial charge in [0.05, 0.1) is 18.3 Å². The van der Waals surface area contributed by atoms with Gasteiger partial charge in [-0.15, -0.1) is 0 Å². The monoisotopic (exact) mass is 348 g/mol. The zero-order valence-corrected chi connectivity index (χ0v) is 15.1. The smallest absolute Gasteiger partial charge is 0.253 e. The first-order valence-corrected chi connectivity index (χ1v) is 9.37. The van der Waals surface area contributed by atoms with E-state index >= 15 is 0 Å². The summed E-state index contributed by atoms with van der Waals surface area (Å²) in [5.41, 5.74) is 2.58. The number of carbonyl (C=O) groups is 1. The summed E-state index contributed by atoms with van der Waals surface area (Å²) in [6, 6.07) is 12.3.